The second kappa shape index (κ2) is 5.84. The zero-order valence-corrected chi connectivity index (χ0v) is 11.4. The van der Waals surface area contributed by atoms with Gasteiger partial charge in [-0.3, -0.25) is 0 Å². The summed E-state index contributed by atoms with van der Waals surface area (Å²) in [7, 11) is -2.98. The Morgan fingerprint density at radius 3 is 2.65 bits per heavy atom. The minimum atomic E-state index is -2.98. The summed E-state index contributed by atoms with van der Waals surface area (Å²) in [5.41, 5.74) is 6.15. The molecule has 0 fully saturated rings. The lowest BCUT2D eigenvalue weighted by Gasteiger charge is -2.12. The van der Waals surface area contributed by atoms with Crippen LogP contribution in [-0.2, 0) is 9.84 Å². The Bertz CT molecular complexity index is 486. The largest absolute Gasteiger partial charge is 0.324 e. The third kappa shape index (κ3) is 4.65. The van der Waals surface area contributed by atoms with Crippen LogP contribution in [0.2, 0.25) is 0 Å². The fraction of sp³-hybridized carbons (Fsp3) is 0.455. The topological polar surface area (TPSA) is 60.2 Å². The van der Waals surface area contributed by atoms with Gasteiger partial charge in [0.2, 0.25) is 0 Å². The highest BCUT2D eigenvalue weighted by Gasteiger charge is 2.13. The van der Waals surface area contributed by atoms with Crippen LogP contribution in [0.15, 0.2) is 23.1 Å². The second-order valence-electron chi connectivity index (χ2n) is 3.92. The Morgan fingerprint density at radius 2 is 2.12 bits per heavy atom. The van der Waals surface area contributed by atoms with Crippen molar-refractivity contribution in [3.05, 3.63) is 29.6 Å². The Balaban J connectivity index is 2.81. The molecule has 1 unspecified atom stereocenters. The predicted octanol–water partition coefficient (Wildman–Crippen LogP) is 1.98. The first-order valence-corrected chi connectivity index (χ1v) is 8.20. The third-order valence-electron chi connectivity index (χ3n) is 2.18. The number of hydrogen-bond donors (Lipinski definition) is 1. The first-order valence-electron chi connectivity index (χ1n) is 5.16. The molecule has 0 heterocycles. The summed E-state index contributed by atoms with van der Waals surface area (Å²) in [5.74, 6) is 0.138. The van der Waals surface area contributed by atoms with E-state index in [2.05, 4.69) is 0 Å². The average Bonchev–Trinajstić information content (AvgIpc) is 2.14. The maximum Gasteiger partial charge on any atom is 0.148 e. The number of nitrogens with two attached hydrogens (primary N) is 1. The van der Waals surface area contributed by atoms with E-state index in [4.69, 9.17) is 5.73 Å². The normalized spacial score (nSPS) is 13.6. The van der Waals surface area contributed by atoms with E-state index in [-0.39, 0.29) is 11.6 Å². The van der Waals surface area contributed by atoms with Crippen molar-refractivity contribution in [3.8, 4) is 0 Å². The minimum absolute atomic E-state index is 0.0760. The summed E-state index contributed by atoms with van der Waals surface area (Å²) in [4.78, 5) is 0.712. The standard InChI is InChI=1S/C11H16FNO2S2/c1-8(13)11-9(12)4-3-5-10(11)16-6-7-17(2,14)15/h3-5,8H,6-7,13H2,1-2H3. The SMILES string of the molecule is CC(N)c1c(F)cccc1SCCS(C)(=O)=O. The predicted molar refractivity (Wildman–Crippen MR) is 69.4 cm³/mol. The Hall–Kier alpha value is -0.590. The van der Waals surface area contributed by atoms with Crippen molar-refractivity contribution >= 4 is 21.6 Å². The molecule has 0 bridgehead atoms. The highest BCUT2D eigenvalue weighted by molar-refractivity contribution is 8.00. The summed E-state index contributed by atoms with van der Waals surface area (Å²) in [5, 5.41) is 0. The van der Waals surface area contributed by atoms with Crippen molar-refractivity contribution < 1.29 is 12.8 Å². The van der Waals surface area contributed by atoms with E-state index in [0.29, 0.717) is 16.2 Å². The zero-order valence-electron chi connectivity index (χ0n) is 9.81. The summed E-state index contributed by atoms with van der Waals surface area (Å²) in [6, 6.07) is 4.31. The van der Waals surface area contributed by atoms with E-state index in [1.807, 2.05) is 0 Å². The molecule has 1 rings (SSSR count). The van der Waals surface area contributed by atoms with Crippen LogP contribution in [0.5, 0.6) is 0 Å². The van der Waals surface area contributed by atoms with Crippen LogP contribution < -0.4 is 5.73 Å². The maximum atomic E-state index is 13.6. The number of rotatable bonds is 5. The van der Waals surface area contributed by atoms with Crippen molar-refractivity contribution in [2.45, 2.75) is 17.9 Å². The molecule has 96 valence electrons. The Kier molecular flexibility index (Phi) is 4.97. The molecule has 17 heavy (non-hydrogen) atoms. The first kappa shape index (κ1) is 14.5. The summed E-state index contributed by atoms with van der Waals surface area (Å²) in [6.07, 6.45) is 1.19. The van der Waals surface area contributed by atoms with Crippen LogP contribution in [-0.4, -0.2) is 26.2 Å². The fourth-order valence-electron chi connectivity index (χ4n) is 1.39. The molecular weight excluding hydrogens is 261 g/mol. The highest BCUT2D eigenvalue weighted by Crippen LogP contribution is 2.28. The van der Waals surface area contributed by atoms with Gasteiger partial charge in [-0.25, -0.2) is 12.8 Å². The van der Waals surface area contributed by atoms with Crippen molar-refractivity contribution in [2.24, 2.45) is 5.73 Å². The quantitative estimate of drug-likeness (QED) is 0.836. The molecule has 6 heteroatoms. The first-order chi connectivity index (χ1) is 7.81. The molecule has 0 aliphatic heterocycles. The van der Waals surface area contributed by atoms with Crippen molar-refractivity contribution in [1.29, 1.82) is 0 Å². The van der Waals surface area contributed by atoms with Gasteiger partial charge in [-0.05, 0) is 19.1 Å². The Labute approximate surface area is 106 Å². The molecule has 1 aromatic rings. The molecule has 0 aliphatic carbocycles. The van der Waals surface area contributed by atoms with Crippen molar-refractivity contribution in [2.75, 3.05) is 17.8 Å². The van der Waals surface area contributed by atoms with E-state index >= 15 is 0 Å². The molecule has 1 atom stereocenters. The summed E-state index contributed by atoms with van der Waals surface area (Å²) < 4.78 is 35.5. The molecule has 0 spiro atoms. The van der Waals surface area contributed by atoms with Crippen LogP contribution in [0.25, 0.3) is 0 Å². The van der Waals surface area contributed by atoms with E-state index in [0.717, 1.165) is 0 Å². The van der Waals surface area contributed by atoms with Gasteiger partial charge in [-0.15, -0.1) is 11.8 Å². The average molecular weight is 277 g/mol. The molecule has 2 N–H and O–H groups in total. The zero-order chi connectivity index (χ0) is 13.1. The van der Waals surface area contributed by atoms with Crippen LogP contribution in [0.3, 0.4) is 0 Å². The number of sulfone groups is 1. The van der Waals surface area contributed by atoms with Crippen molar-refractivity contribution in [1.82, 2.24) is 0 Å². The number of halogens is 1. The van der Waals surface area contributed by atoms with E-state index in [1.165, 1.54) is 24.1 Å². The van der Waals surface area contributed by atoms with Gasteiger partial charge in [-0.1, -0.05) is 6.07 Å². The maximum absolute atomic E-state index is 13.6. The van der Waals surface area contributed by atoms with Gasteiger partial charge in [0, 0.05) is 28.5 Å². The van der Waals surface area contributed by atoms with E-state index in [1.54, 1.807) is 19.1 Å². The van der Waals surface area contributed by atoms with Crippen LogP contribution in [0, 0.1) is 5.82 Å². The van der Waals surface area contributed by atoms with Crippen LogP contribution in [0.4, 0.5) is 4.39 Å². The smallest absolute Gasteiger partial charge is 0.148 e. The fourth-order valence-corrected chi connectivity index (χ4v) is 3.77. The highest BCUT2D eigenvalue weighted by atomic mass is 32.2. The molecule has 0 saturated carbocycles. The van der Waals surface area contributed by atoms with Gasteiger partial charge < -0.3 is 5.73 Å². The van der Waals surface area contributed by atoms with Gasteiger partial charge >= 0.3 is 0 Å². The van der Waals surface area contributed by atoms with Crippen LogP contribution in [0.1, 0.15) is 18.5 Å². The molecule has 3 nitrogen and oxygen atoms in total. The lowest BCUT2D eigenvalue weighted by molar-refractivity contribution is 0.585. The summed E-state index contributed by atoms with van der Waals surface area (Å²) >= 11 is 1.32. The van der Waals surface area contributed by atoms with Gasteiger partial charge in [0.25, 0.3) is 0 Å². The molecule has 0 aliphatic rings. The summed E-state index contributed by atoms with van der Waals surface area (Å²) in [6.45, 7) is 1.71. The van der Waals surface area contributed by atoms with Gasteiger partial charge in [0.1, 0.15) is 15.7 Å². The molecular formula is C11H16FNO2S2. The number of benzene rings is 1. The molecule has 0 aromatic heterocycles. The lowest BCUT2D eigenvalue weighted by atomic mass is 10.1. The second-order valence-corrected chi connectivity index (χ2v) is 7.32. The Morgan fingerprint density at radius 1 is 1.47 bits per heavy atom. The minimum Gasteiger partial charge on any atom is -0.324 e. The van der Waals surface area contributed by atoms with Crippen LogP contribution >= 0.6 is 11.8 Å². The van der Waals surface area contributed by atoms with E-state index < -0.39 is 15.9 Å². The van der Waals surface area contributed by atoms with Gasteiger partial charge in [0.15, 0.2) is 0 Å². The van der Waals surface area contributed by atoms with Gasteiger partial charge in [0.05, 0.1) is 5.75 Å². The lowest BCUT2D eigenvalue weighted by Crippen LogP contribution is -2.10. The molecule has 0 amide bonds. The van der Waals surface area contributed by atoms with Crippen molar-refractivity contribution in [3.63, 3.8) is 0 Å². The number of hydrogen-bond acceptors (Lipinski definition) is 4. The monoisotopic (exact) mass is 277 g/mol. The number of thioether (sulfide) groups is 1. The van der Waals surface area contributed by atoms with E-state index in [9.17, 15) is 12.8 Å². The van der Waals surface area contributed by atoms with Gasteiger partial charge in [-0.2, -0.15) is 0 Å². The molecule has 0 radical (unpaired) electrons. The third-order valence-corrected chi connectivity index (χ3v) is 4.46. The molecule has 1 aromatic carbocycles. The molecule has 0 saturated heterocycles.